The van der Waals surface area contributed by atoms with E-state index >= 15 is 0 Å². The fourth-order valence-corrected chi connectivity index (χ4v) is 6.23. The molecular weight excluding hydrogens is 572 g/mol. The molecular formula is C26H39CuN6O5S. The third kappa shape index (κ3) is 12.2. The number of fused-ring (bicyclic) bond motifs is 1. The van der Waals surface area contributed by atoms with Crippen LogP contribution in [0.1, 0.15) is 37.1 Å². The Hall–Kier alpha value is -2.25. The van der Waals surface area contributed by atoms with Crippen molar-refractivity contribution in [1.29, 1.82) is 0 Å². The number of carbonyl (C=O) groups is 2. The molecule has 4 rings (SSSR count). The van der Waals surface area contributed by atoms with Crippen molar-refractivity contribution in [2.45, 2.75) is 55.9 Å². The molecule has 0 unspecified atom stereocenters. The van der Waals surface area contributed by atoms with Crippen molar-refractivity contribution >= 4 is 23.7 Å². The normalized spacial score (nSPS) is 18.9. The maximum atomic E-state index is 12.4. The van der Waals surface area contributed by atoms with Gasteiger partial charge in [-0.2, -0.15) is 11.8 Å². The summed E-state index contributed by atoms with van der Waals surface area (Å²) in [7, 11) is 0. The molecule has 2 aliphatic heterocycles. The van der Waals surface area contributed by atoms with E-state index in [2.05, 4.69) is 43.0 Å². The predicted octanol–water partition coefficient (Wildman–Crippen LogP) is 2.24. The quantitative estimate of drug-likeness (QED) is 0.0622. The van der Waals surface area contributed by atoms with Crippen LogP contribution in [0.4, 0.5) is 4.79 Å². The first-order valence-corrected chi connectivity index (χ1v) is 13.9. The van der Waals surface area contributed by atoms with E-state index in [1.165, 1.54) is 0 Å². The van der Waals surface area contributed by atoms with Crippen molar-refractivity contribution < 1.29 is 42.6 Å². The Labute approximate surface area is 244 Å². The minimum Gasteiger partial charge on any atom is -0.355 e. The second kappa shape index (κ2) is 19.8. The largest absolute Gasteiger partial charge is 0.355 e. The summed E-state index contributed by atoms with van der Waals surface area (Å²) in [6.07, 6.45) is 8.90. The maximum absolute atomic E-state index is 12.4. The van der Waals surface area contributed by atoms with Crippen LogP contribution in [0.15, 0.2) is 48.8 Å². The molecule has 6 N–H and O–H groups in total. The van der Waals surface area contributed by atoms with Gasteiger partial charge >= 0.3 is 6.03 Å². The SMILES string of the molecule is O=C(CCCC[C@@H]1SC[C@@H]2NC(=O)N[C@@H]21)NCCN(CCc1ccccn1)CCc1ccccn1.OO.[Cu].[OH]. The first-order valence-electron chi connectivity index (χ1n) is 12.8. The molecule has 2 saturated heterocycles. The monoisotopic (exact) mass is 610 g/mol. The number of aromatic nitrogens is 2. The Morgan fingerprint density at radius 3 is 2.23 bits per heavy atom. The molecule has 0 aromatic carbocycles. The number of pyridine rings is 2. The van der Waals surface area contributed by atoms with E-state index in [9.17, 15) is 9.59 Å². The Kier molecular flexibility index (Phi) is 17.6. The van der Waals surface area contributed by atoms with E-state index in [4.69, 9.17) is 10.5 Å². The van der Waals surface area contributed by atoms with Crippen LogP contribution in [0.25, 0.3) is 0 Å². The van der Waals surface area contributed by atoms with Gasteiger partial charge in [0, 0.05) is 97.3 Å². The summed E-state index contributed by atoms with van der Waals surface area (Å²) in [6, 6.07) is 12.5. The molecule has 2 aliphatic rings. The zero-order valence-electron chi connectivity index (χ0n) is 21.8. The second-order valence-electron chi connectivity index (χ2n) is 9.20. The van der Waals surface area contributed by atoms with Gasteiger partial charge < -0.3 is 20.9 Å². The van der Waals surface area contributed by atoms with Gasteiger partial charge in [0.2, 0.25) is 5.91 Å². The molecule has 2 radical (unpaired) electrons. The average Bonchev–Trinajstić information content (AvgIpc) is 3.49. The molecule has 220 valence electrons. The molecule has 2 aromatic heterocycles. The van der Waals surface area contributed by atoms with Crippen molar-refractivity contribution in [2.75, 3.05) is 31.9 Å². The Morgan fingerprint density at radius 2 is 1.64 bits per heavy atom. The molecule has 11 nitrogen and oxygen atoms in total. The fraction of sp³-hybridized carbons (Fsp3) is 0.538. The average molecular weight is 611 g/mol. The van der Waals surface area contributed by atoms with Crippen LogP contribution in [0.2, 0.25) is 0 Å². The van der Waals surface area contributed by atoms with Gasteiger partial charge in [0.25, 0.3) is 0 Å². The predicted molar refractivity (Wildman–Crippen MR) is 146 cm³/mol. The van der Waals surface area contributed by atoms with Gasteiger partial charge in [-0.15, -0.1) is 0 Å². The van der Waals surface area contributed by atoms with Gasteiger partial charge in [0.1, 0.15) is 0 Å². The third-order valence-electron chi connectivity index (χ3n) is 6.65. The first-order chi connectivity index (χ1) is 18.2. The van der Waals surface area contributed by atoms with Crippen molar-refractivity contribution in [1.82, 2.24) is 30.8 Å². The molecule has 13 heteroatoms. The van der Waals surface area contributed by atoms with Gasteiger partial charge in [-0.05, 0) is 37.1 Å². The van der Waals surface area contributed by atoms with Gasteiger partial charge in [-0.25, -0.2) is 4.79 Å². The van der Waals surface area contributed by atoms with Crippen molar-refractivity contribution in [3.8, 4) is 0 Å². The third-order valence-corrected chi connectivity index (χ3v) is 8.16. The van der Waals surface area contributed by atoms with Gasteiger partial charge in [-0.3, -0.25) is 30.8 Å². The minimum absolute atomic E-state index is 0. The topological polar surface area (TPSA) is 170 Å². The zero-order valence-corrected chi connectivity index (χ0v) is 23.6. The first kappa shape index (κ1) is 34.8. The summed E-state index contributed by atoms with van der Waals surface area (Å²) >= 11 is 1.93. The summed E-state index contributed by atoms with van der Waals surface area (Å²) in [5, 5.41) is 21.6. The summed E-state index contributed by atoms with van der Waals surface area (Å²) in [5.41, 5.74) is 2.16. The number of carbonyl (C=O) groups excluding carboxylic acids is 2. The van der Waals surface area contributed by atoms with E-state index in [1.807, 2.05) is 48.4 Å². The molecule has 0 saturated carbocycles. The number of hydrogen-bond acceptors (Lipinski definition) is 8. The molecule has 3 atom stereocenters. The second-order valence-corrected chi connectivity index (χ2v) is 10.5. The van der Waals surface area contributed by atoms with Crippen LogP contribution < -0.4 is 16.0 Å². The van der Waals surface area contributed by atoms with E-state index < -0.39 is 0 Å². The van der Waals surface area contributed by atoms with Crippen molar-refractivity contribution in [2.24, 2.45) is 0 Å². The van der Waals surface area contributed by atoms with E-state index in [0.29, 0.717) is 18.2 Å². The summed E-state index contributed by atoms with van der Waals surface area (Å²) in [6.45, 7) is 3.24. The van der Waals surface area contributed by atoms with Gasteiger partial charge in [0.05, 0.1) is 12.1 Å². The van der Waals surface area contributed by atoms with Crippen molar-refractivity contribution in [3.63, 3.8) is 0 Å². The van der Waals surface area contributed by atoms with Gasteiger partial charge in [-0.1, -0.05) is 18.6 Å². The van der Waals surface area contributed by atoms with Crippen LogP contribution in [-0.2, 0) is 34.7 Å². The Bertz CT molecular complexity index is 905. The molecule has 4 heterocycles. The van der Waals surface area contributed by atoms with Crippen LogP contribution in [-0.4, -0.2) is 92.1 Å². The molecule has 2 fully saturated rings. The molecule has 0 spiro atoms. The Balaban J connectivity index is 0.00000186. The van der Waals surface area contributed by atoms with Crippen molar-refractivity contribution in [3.05, 3.63) is 60.2 Å². The van der Waals surface area contributed by atoms with E-state index in [1.54, 1.807) is 0 Å². The number of rotatable bonds is 14. The number of urea groups is 1. The fourth-order valence-electron chi connectivity index (χ4n) is 4.69. The maximum Gasteiger partial charge on any atom is 0.315 e. The minimum atomic E-state index is -0.0428. The summed E-state index contributed by atoms with van der Waals surface area (Å²) in [4.78, 5) is 35.1. The van der Waals surface area contributed by atoms with Crippen LogP contribution in [0.5, 0.6) is 0 Å². The standard InChI is InChI=1S/C26H36N6O2S.Cu.H2O2.HO/c33-24(10-2-1-9-23-25-22(19-35-23)30-26(34)31-25)29-15-18-32(16-11-20-7-3-5-13-27-20)17-12-21-8-4-6-14-28-21;;1-2;/h3-8,13-14,22-23,25H,1-2,9-12,15-19H2,(H,29,33)(H2,30,31,34);;1-2H;1H/t22-,23-,25-;;;/m0.../s1. The zero-order chi connectivity index (χ0) is 26.3. The molecule has 2 aromatic rings. The number of thioether (sulfide) groups is 1. The number of amides is 3. The molecule has 39 heavy (non-hydrogen) atoms. The molecule has 0 aliphatic carbocycles. The van der Waals surface area contributed by atoms with E-state index in [-0.39, 0.29) is 46.6 Å². The van der Waals surface area contributed by atoms with Crippen LogP contribution >= 0.6 is 11.8 Å². The number of hydrogen-bond donors (Lipinski definition) is 6. The molecule has 3 amide bonds. The van der Waals surface area contributed by atoms with Crippen LogP contribution in [0, 0.1) is 0 Å². The summed E-state index contributed by atoms with van der Waals surface area (Å²) in [5.74, 6) is 1.10. The summed E-state index contributed by atoms with van der Waals surface area (Å²) < 4.78 is 0. The smallest absolute Gasteiger partial charge is 0.315 e. The number of nitrogens with one attached hydrogen (secondary N) is 3. The molecule has 0 bridgehead atoms. The Morgan fingerprint density at radius 1 is 1.00 bits per heavy atom. The van der Waals surface area contributed by atoms with Gasteiger partial charge in [0.15, 0.2) is 0 Å². The number of nitrogens with zero attached hydrogens (tertiary/aromatic N) is 3. The number of unbranched alkanes of at least 4 members (excludes halogenated alkanes) is 1. The van der Waals surface area contributed by atoms with Crippen LogP contribution in [0.3, 0.4) is 0 Å². The van der Waals surface area contributed by atoms with E-state index in [0.717, 1.165) is 68.9 Å².